The zero-order chi connectivity index (χ0) is 24.7. The monoisotopic (exact) mass is 454 g/mol. The molecule has 0 aliphatic rings. The molecule has 1 aromatic carbocycles. The second-order valence-corrected chi connectivity index (χ2v) is 7.77. The van der Waals surface area contributed by atoms with E-state index in [0.29, 0.717) is 11.5 Å². The predicted molar refractivity (Wildman–Crippen MR) is 122 cm³/mol. The standard InChI is InChI=1S/C23H26N4O6/c1-14(2)12-26-15(3)8-17(16(26)4)9-18(11-24)23(29)33-13-22(28)25-20-7-6-19(32-5)10-21(20)27(30)31/h6-10,14H,12-13H2,1-5H3,(H,25,28)/b18-9+. The van der Waals surface area contributed by atoms with E-state index in [9.17, 15) is 25.0 Å². The van der Waals surface area contributed by atoms with Crippen LogP contribution in [0.5, 0.6) is 5.75 Å². The van der Waals surface area contributed by atoms with Crippen molar-refractivity contribution in [3.63, 3.8) is 0 Å². The average molecular weight is 454 g/mol. The number of esters is 1. The Labute approximate surface area is 191 Å². The Morgan fingerprint density at radius 2 is 2.00 bits per heavy atom. The summed E-state index contributed by atoms with van der Waals surface area (Å²) in [5.74, 6) is -1.08. The maximum absolute atomic E-state index is 12.4. The molecule has 33 heavy (non-hydrogen) atoms. The number of benzene rings is 1. The van der Waals surface area contributed by atoms with Crippen LogP contribution in [0.2, 0.25) is 0 Å². The van der Waals surface area contributed by atoms with Crippen molar-refractivity contribution in [3.8, 4) is 11.8 Å². The van der Waals surface area contributed by atoms with Crippen molar-refractivity contribution in [2.45, 2.75) is 34.2 Å². The van der Waals surface area contributed by atoms with Crippen LogP contribution in [-0.4, -0.2) is 35.1 Å². The molecule has 10 nitrogen and oxygen atoms in total. The number of nitrogens with zero attached hydrogens (tertiary/aromatic N) is 3. The molecule has 174 valence electrons. The fourth-order valence-electron chi connectivity index (χ4n) is 3.20. The van der Waals surface area contributed by atoms with E-state index in [2.05, 4.69) is 23.7 Å². The third-order valence-corrected chi connectivity index (χ3v) is 4.81. The summed E-state index contributed by atoms with van der Waals surface area (Å²) in [5.41, 5.74) is 1.91. The highest BCUT2D eigenvalue weighted by Gasteiger charge is 2.19. The summed E-state index contributed by atoms with van der Waals surface area (Å²) in [4.78, 5) is 35.1. The molecule has 0 unspecified atom stereocenters. The van der Waals surface area contributed by atoms with Crippen LogP contribution in [0, 0.1) is 41.2 Å². The van der Waals surface area contributed by atoms with E-state index in [1.165, 1.54) is 25.3 Å². The molecule has 2 aromatic rings. The summed E-state index contributed by atoms with van der Waals surface area (Å²) in [6, 6.07) is 7.59. The fraction of sp³-hybridized carbons (Fsp3) is 0.348. The molecule has 0 radical (unpaired) electrons. The Balaban J connectivity index is 2.10. The Morgan fingerprint density at radius 1 is 1.30 bits per heavy atom. The summed E-state index contributed by atoms with van der Waals surface area (Å²) in [6.45, 7) is 8.12. The maximum atomic E-state index is 12.4. The van der Waals surface area contributed by atoms with Gasteiger partial charge in [-0.25, -0.2) is 4.79 Å². The van der Waals surface area contributed by atoms with Gasteiger partial charge < -0.3 is 19.4 Å². The van der Waals surface area contributed by atoms with E-state index in [0.717, 1.165) is 24.0 Å². The Bertz CT molecular complexity index is 1140. The van der Waals surface area contributed by atoms with Crippen LogP contribution in [0.3, 0.4) is 0 Å². The number of ether oxygens (including phenoxy) is 2. The minimum atomic E-state index is -0.967. The van der Waals surface area contributed by atoms with Crippen LogP contribution in [0.1, 0.15) is 30.8 Å². The number of nitro groups is 1. The Hall–Kier alpha value is -4.13. The molecule has 0 bridgehead atoms. The van der Waals surface area contributed by atoms with Gasteiger partial charge in [0.05, 0.1) is 18.1 Å². The van der Waals surface area contributed by atoms with Crippen LogP contribution in [0.4, 0.5) is 11.4 Å². The first-order chi connectivity index (χ1) is 15.6. The third kappa shape index (κ3) is 6.43. The Morgan fingerprint density at radius 3 is 2.58 bits per heavy atom. The molecule has 0 saturated carbocycles. The number of carbonyl (C=O) groups excluding carboxylic acids is 2. The number of nitriles is 1. The van der Waals surface area contributed by atoms with E-state index >= 15 is 0 Å². The van der Waals surface area contributed by atoms with Crippen molar-refractivity contribution in [2.24, 2.45) is 5.92 Å². The van der Waals surface area contributed by atoms with Crippen molar-refractivity contribution in [1.29, 1.82) is 5.26 Å². The first-order valence-electron chi connectivity index (χ1n) is 10.1. The number of hydrogen-bond acceptors (Lipinski definition) is 7. The van der Waals surface area contributed by atoms with Gasteiger partial charge in [0.1, 0.15) is 23.1 Å². The highest BCUT2D eigenvalue weighted by molar-refractivity contribution is 6.00. The lowest BCUT2D eigenvalue weighted by Crippen LogP contribution is -2.21. The van der Waals surface area contributed by atoms with Crippen molar-refractivity contribution in [1.82, 2.24) is 4.57 Å². The molecule has 0 spiro atoms. The number of aromatic nitrogens is 1. The molecule has 2 rings (SSSR count). The minimum Gasteiger partial charge on any atom is -0.496 e. The number of nitrogens with one attached hydrogen (secondary N) is 1. The molecule has 1 aromatic heterocycles. The van der Waals surface area contributed by atoms with E-state index in [1.807, 2.05) is 19.9 Å². The molecule has 0 aliphatic heterocycles. The van der Waals surface area contributed by atoms with Crippen molar-refractivity contribution < 1.29 is 24.0 Å². The number of rotatable bonds is 9. The summed E-state index contributed by atoms with van der Waals surface area (Å²) >= 11 is 0. The van der Waals surface area contributed by atoms with Gasteiger partial charge in [0.2, 0.25) is 0 Å². The third-order valence-electron chi connectivity index (χ3n) is 4.81. The zero-order valence-corrected chi connectivity index (χ0v) is 19.2. The first-order valence-corrected chi connectivity index (χ1v) is 10.1. The van der Waals surface area contributed by atoms with Gasteiger partial charge in [0, 0.05) is 17.9 Å². The van der Waals surface area contributed by atoms with Crippen molar-refractivity contribution >= 4 is 29.3 Å². The second kappa shape index (κ2) is 10.9. The fourth-order valence-corrected chi connectivity index (χ4v) is 3.20. The number of anilines is 1. The average Bonchev–Trinajstić information content (AvgIpc) is 3.02. The van der Waals surface area contributed by atoms with Crippen molar-refractivity contribution in [2.75, 3.05) is 19.0 Å². The van der Waals surface area contributed by atoms with Crippen LogP contribution < -0.4 is 10.1 Å². The van der Waals surface area contributed by atoms with Gasteiger partial charge in [0.15, 0.2) is 6.61 Å². The molecular weight excluding hydrogens is 428 g/mol. The first kappa shape index (κ1) is 25.1. The molecule has 0 fully saturated rings. The van der Waals surface area contributed by atoms with Crippen LogP contribution >= 0.6 is 0 Å². The summed E-state index contributed by atoms with van der Waals surface area (Å²) in [6.07, 6.45) is 1.42. The number of hydrogen-bond donors (Lipinski definition) is 1. The number of nitro benzene ring substituents is 1. The zero-order valence-electron chi connectivity index (χ0n) is 19.2. The van der Waals surface area contributed by atoms with E-state index < -0.39 is 23.4 Å². The number of amides is 1. The van der Waals surface area contributed by atoms with Gasteiger partial charge >= 0.3 is 5.97 Å². The minimum absolute atomic E-state index is 0.0736. The molecular formula is C23H26N4O6. The Kier molecular flexibility index (Phi) is 8.34. The number of methoxy groups -OCH3 is 1. The maximum Gasteiger partial charge on any atom is 0.349 e. The van der Waals surface area contributed by atoms with Crippen molar-refractivity contribution in [3.05, 3.63) is 56.9 Å². The van der Waals surface area contributed by atoms with E-state index in [1.54, 1.807) is 6.07 Å². The van der Waals surface area contributed by atoms with Crippen LogP contribution in [0.15, 0.2) is 29.8 Å². The number of aryl methyl sites for hydroxylation is 1. The molecule has 10 heteroatoms. The highest BCUT2D eigenvalue weighted by Crippen LogP contribution is 2.29. The second-order valence-electron chi connectivity index (χ2n) is 7.77. The quantitative estimate of drug-likeness (QED) is 0.200. The SMILES string of the molecule is COc1ccc(NC(=O)COC(=O)/C(C#N)=C/c2cc(C)n(CC(C)C)c2C)c([N+](=O)[O-])c1. The summed E-state index contributed by atoms with van der Waals surface area (Å²) in [7, 11) is 1.36. The van der Waals surface area contributed by atoms with Crippen LogP contribution in [-0.2, 0) is 20.9 Å². The normalized spacial score (nSPS) is 11.1. The van der Waals surface area contributed by atoms with Gasteiger partial charge in [-0.2, -0.15) is 5.26 Å². The lowest BCUT2D eigenvalue weighted by atomic mass is 10.1. The van der Waals surface area contributed by atoms with E-state index in [-0.39, 0.29) is 22.7 Å². The van der Waals surface area contributed by atoms with Gasteiger partial charge in [-0.15, -0.1) is 0 Å². The molecule has 0 atom stereocenters. The van der Waals surface area contributed by atoms with Gasteiger partial charge in [-0.1, -0.05) is 13.8 Å². The molecule has 0 saturated heterocycles. The highest BCUT2D eigenvalue weighted by atomic mass is 16.6. The van der Waals surface area contributed by atoms with Gasteiger partial charge in [-0.05, 0) is 49.6 Å². The number of carbonyl (C=O) groups is 2. The molecule has 0 aliphatic carbocycles. The lowest BCUT2D eigenvalue weighted by Gasteiger charge is -2.12. The lowest BCUT2D eigenvalue weighted by molar-refractivity contribution is -0.384. The largest absolute Gasteiger partial charge is 0.496 e. The smallest absolute Gasteiger partial charge is 0.349 e. The van der Waals surface area contributed by atoms with Gasteiger partial charge in [0.25, 0.3) is 11.6 Å². The van der Waals surface area contributed by atoms with Crippen LogP contribution in [0.25, 0.3) is 6.08 Å². The summed E-state index contributed by atoms with van der Waals surface area (Å²) < 4.78 is 12.0. The predicted octanol–water partition coefficient (Wildman–Crippen LogP) is 3.77. The molecule has 1 amide bonds. The summed E-state index contributed by atoms with van der Waals surface area (Å²) in [5, 5.41) is 22.9. The molecule has 1 heterocycles. The molecule has 1 N–H and O–H groups in total. The van der Waals surface area contributed by atoms with E-state index in [4.69, 9.17) is 9.47 Å². The van der Waals surface area contributed by atoms with Gasteiger partial charge in [-0.3, -0.25) is 14.9 Å². The topological polar surface area (TPSA) is 136 Å².